The van der Waals surface area contributed by atoms with Gasteiger partial charge in [-0.15, -0.1) is 0 Å². The first-order valence-corrected chi connectivity index (χ1v) is 11.6. The van der Waals surface area contributed by atoms with Gasteiger partial charge in [0, 0.05) is 43.8 Å². The van der Waals surface area contributed by atoms with Crippen LogP contribution >= 0.6 is 0 Å². The van der Waals surface area contributed by atoms with E-state index >= 15 is 0 Å². The number of fused-ring (bicyclic) bond motifs is 2. The topological polar surface area (TPSA) is 82.0 Å². The Bertz CT molecular complexity index is 1370. The number of hydrogen-bond acceptors (Lipinski definition) is 4. The van der Waals surface area contributed by atoms with Crippen LogP contribution in [0.4, 0.5) is 4.39 Å². The Kier molecular flexibility index (Phi) is 4.72. The number of aryl methyl sites for hydroxylation is 1. The van der Waals surface area contributed by atoms with E-state index in [9.17, 15) is 9.18 Å². The minimum absolute atomic E-state index is 0.126. The Labute approximate surface area is 191 Å². The zero-order valence-electron chi connectivity index (χ0n) is 18.6. The molecule has 4 heterocycles. The van der Waals surface area contributed by atoms with Crippen molar-refractivity contribution in [2.75, 3.05) is 13.1 Å². The normalized spacial score (nSPS) is 21.2. The van der Waals surface area contributed by atoms with E-state index in [1.165, 1.54) is 12.8 Å². The Balaban J connectivity index is 1.39. The standard InChI is InChI=1S/C25H27FN6O/c1-30-21-7-6-17(25(33)31-10-8-18(26)19(27)14-31)11-20(21)29-24(30)22-12-16-3-2-9-28-23(16)32(22)13-15-4-5-15/h2-3,6-7,9,11-12,15,18-19H,4-5,8,10,13-14,27H2,1H3/t18-,19-/m0/s1. The summed E-state index contributed by atoms with van der Waals surface area (Å²) in [6, 6.07) is 11.2. The fraction of sp³-hybridized carbons (Fsp3) is 0.400. The van der Waals surface area contributed by atoms with Crippen molar-refractivity contribution in [3.8, 4) is 11.5 Å². The number of nitrogens with zero attached hydrogens (tertiary/aromatic N) is 5. The summed E-state index contributed by atoms with van der Waals surface area (Å²) >= 11 is 0. The van der Waals surface area contributed by atoms with Crippen LogP contribution in [-0.4, -0.2) is 55.2 Å². The van der Waals surface area contributed by atoms with Crippen molar-refractivity contribution in [1.82, 2.24) is 24.0 Å². The predicted octanol–water partition coefficient (Wildman–Crippen LogP) is 3.51. The number of rotatable bonds is 4. The van der Waals surface area contributed by atoms with Crippen molar-refractivity contribution < 1.29 is 9.18 Å². The number of amides is 1. The first kappa shape index (κ1) is 20.4. The van der Waals surface area contributed by atoms with E-state index in [0.717, 1.165) is 40.1 Å². The van der Waals surface area contributed by atoms with E-state index < -0.39 is 12.2 Å². The summed E-state index contributed by atoms with van der Waals surface area (Å²) in [6.07, 6.45) is 3.57. The number of hydrogen-bond donors (Lipinski definition) is 1. The third kappa shape index (κ3) is 3.49. The average molecular weight is 447 g/mol. The van der Waals surface area contributed by atoms with Crippen molar-refractivity contribution >= 4 is 28.0 Å². The second kappa shape index (κ2) is 7.66. The Hall–Kier alpha value is -3.26. The van der Waals surface area contributed by atoms with Crippen LogP contribution in [0.25, 0.3) is 33.6 Å². The lowest BCUT2D eigenvalue weighted by molar-refractivity contribution is 0.0630. The van der Waals surface area contributed by atoms with Gasteiger partial charge in [0.1, 0.15) is 11.8 Å². The van der Waals surface area contributed by atoms with Gasteiger partial charge in [-0.05, 0) is 61.6 Å². The number of halogens is 1. The van der Waals surface area contributed by atoms with Crippen LogP contribution in [0.3, 0.4) is 0 Å². The van der Waals surface area contributed by atoms with Crippen molar-refractivity contribution in [3.05, 3.63) is 48.2 Å². The zero-order valence-corrected chi connectivity index (χ0v) is 18.6. The largest absolute Gasteiger partial charge is 0.337 e. The number of nitrogens with two attached hydrogens (primary N) is 1. The Morgan fingerprint density at radius 2 is 2.06 bits per heavy atom. The van der Waals surface area contributed by atoms with Crippen LogP contribution in [0, 0.1) is 5.92 Å². The van der Waals surface area contributed by atoms with Gasteiger partial charge in [-0.3, -0.25) is 4.79 Å². The number of imidazole rings is 1. The van der Waals surface area contributed by atoms with Crippen molar-refractivity contribution in [2.45, 2.75) is 38.0 Å². The molecule has 8 heteroatoms. The Morgan fingerprint density at radius 1 is 1.21 bits per heavy atom. The van der Waals surface area contributed by atoms with Gasteiger partial charge in [-0.25, -0.2) is 14.4 Å². The zero-order chi connectivity index (χ0) is 22.7. The van der Waals surface area contributed by atoms with Gasteiger partial charge >= 0.3 is 0 Å². The minimum atomic E-state index is -1.05. The lowest BCUT2D eigenvalue weighted by atomic mass is 10.0. The van der Waals surface area contributed by atoms with Gasteiger partial charge in [-0.1, -0.05) is 0 Å². The van der Waals surface area contributed by atoms with E-state index in [1.54, 1.807) is 4.90 Å². The smallest absolute Gasteiger partial charge is 0.253 e. The van der Waals surface area contributed by atoms with Gasteiger partial charge < -0.3 is 19.8 Å². The molecule has 2 N–H and O–H groups in total. The number of aromatic nitrogens is 4. The van der Waals surface area contributed by atoms with E-state index in [2.05, 4.69) is 26.3 Å². The van der Waals surface area contributed by atoms with E-state index in [1.807, 2.05) is 37.5 Å². The van der Waals surface area contributed by atoms with Crippen LogP contribution in [0.5, 0.6) is 0 Å². The number of carbonyl (C=O) groups is 1. The van der Waals surface area contributed by atoms with E-state index in [-0.39, 0.29) is 18.9 Å². The number of pyridine rings is 1. The second-order valence-electron chi connectivity index (χ2n) is 9.42. The number of piperidine rings is 1. The molecule has 0 bridgehead atoms. The SMILES string of the molecule is Cn1c(-c2cc3cccnc3n2CC2CC2)nc2cc(C(=O)N3CC[C@H](F)[C@@H](N)C3)ccc21. The van der Waals surface area contributed by atoms with Crippen LogP contribution in [0.2, 0.25) is 0 Å². The molecule has 0 radical (unpaired) electrons. The van der Waals surface area contributed by atoms with Gasteiger partial charge in [0.2, 0.25) is 0 Å². The summed E-state index contributed by atoms with van der Waals surface area (Å²) in [6.45, 7) is 1.56. The van der Waals surface area contributed by atoms with Gasteiger partial charge in [-0.2, -0.15) is 0 Å². The molecule has 2 aliphatic rings. The van der Waals surface area contributed by atoms with Crippen molar-refractivity contribution in [1.29, 1.82) is 0 Å². The van der Waals surface area contributed by atoms with Gasteiger partial charge in [0.25, 0.3) is 5.91 Å². The van der Waals surface area contributed by atoms with Crippen molar-refractivity contribution in [2.24, 2.45) is 18.7 Å². The first-order valence-electron chi connectivity index (χ1n) is 11.6. The summed E-state index contributed by atoms with van der Waals surface area (Å²) in [5.41, 5.74) is 10.1. The number of carbonyl (C=O) groups excluding carboxylic acids is 1. The molecule has 33 heavy (non-hydrogen) atoms. The Morgan fingerprint density at radius 3 is 2.85 bits per heavy atom. The van der Waals surface area contributed by atoms with E-state index in [4.69, 9.17) is 10.7 Å². The highest BCUT2D eigenvalue weighted by Gasteiger charge is 2.30. The fourth-order valence-electron chi connectivity index (χ4n) is 4.90. The molecule has 2 fully saturated rings. The summed E-state index contributed by atoms with van der Waals surface area (Å²) in [5.74, 6) is 1.42. The summed E-state index contributed by atoms with van der Waals surface area (Å²) < 4.78 is 18.1. The molecule has 170 valence electrons. The molecule has 1 amide bonds. The number of benzene rings is 1. The molecule has 0 unspecified atom stereocenters. The maximum atomic E-state index is 13.7. The molecule has 0 spiro atoms. The third-order valence-corrected chi connectivity index (χ3v) is 7.01. The number of alkyl halides is 1. The maximum absolute atomic E-state index is 13.7. The molecule has 2 atom stereocenters. The molecule has 1 aliphatic heterocycles. The first-order chi connectivity index (χ1) is 16.0. The fourth-order valence-corrected chi connectivity index (χ4v) is 4.90. The highest BCUT2D eigenvalue weighted by atomic mass is 19.1. The third-order valence-electron chi connectivity index (χ3n) is 7.01. The molecule has 1 aromatic carbocycles. The maximum Gasteiger partial charge on any atom is 0.253 e. The monoisotopic (exact) mass is 446 g/mol. The van der Waals surface area contributed by atoms with Crippen LogP contribution in [0.1, 0.15) is 29.6 Å². The summed E-state index contributed by atoms with van der Waals surface area (Å²) in [5, 5.41) is 1.10. The quantitative estimate of drug-likeness (QED) is 0.520. The molecule has 4 aromatic rings. The lowest BCUT2D eigenvalue weighted by Crippen LogP contribution is -2.51. The van der Waals surface area contributed by atoms with Gasteiger partial charge in [0.15, 0.2) is 5.82 Å². The molecule has 1 saturated heterocycles. The lowest BCUT2D eigenvalue weighted by Gasteiger charge is -2.33. The predicted molar refractivity (Wildman–Crippen MR) is 126 cm³/mol. The summed E-state index contributed by atoms with van der Waals surface area (Å²) in [4.78, 5) is 24.3. The summed E-state index contributed by atoms with van der Waals surface area (Å²) in [7, 11) is 2.00. The molecule has 7 nitrogen and oxygen atoms in total. The van der Waals surface area contributed by atoms with E-state index in [0.29, 0.717) is 18.0 Å². The van der Waals surface area contributed by atoms with Crippen molar-refractivity contribution in [3.63, 3.8) is 0 Å². The molecule has 1 saturated carbocycles. The highest BCUT2D eigenvalue weighted by molar-refractivity contribution is 5.98. The highest BCUT2D eigenvalue weighted by Crippen LogP contribution is 2.36. The average Bonchev–Trinajstić information content (AvgIpc) is 3.49. The van der Waals surface area contributed by atoms with Gasteiger partial charge in [0.05, 0.1) is 22.8 Å². The minimum Gasteiger partial charge on any atom is -0.337 e. The molecule has 3 aromatic heterocycles. The second-order valence-corrected chi connectivity index (χ2v) is 9.42. The molecule has 6 rings (SSSR count). The molecular formula is C25H27FN6O. The molecular weight excluding hydrogens is 419 g/mol. The molecule has 1 aliphatic carbocycles. The number of likely N-dealkylation sites (tertiary alicyclic amines) is 1. The van der Waals surface area contributed by atoms with Crippen LogP contribution in [-0.2, 0) is 13.6 Å². The van der Waals surface area contributed by atoms with Crippen LogP contribution in [0.15, 0.2) is 42.6 Å². The van der Waals surface area contributed by atoms with Crippen LogP contribution < -0.4 is 5.73 Å².